The van der Waals surface area contributed by atoms with Gasteiger partial charge in [-0.15, -0.1) is 11.6 Å². The van der Waals surface area contributed by atoms with Crippen LogP contribution in [0.25, 0.3) is 0 Å². The van der Waals surface area contributed by atoms with Crippen molar-refractivity contribution in [3.05, 3.63) is 0 Å². The Morgan fingerprint density at radius 2 is 1.50 bits per heavy atom. The van der Waals surface area contributed by atoms with E-state index in [-0.39, 0.29) is 0 Å². The molecule has 14 heavy (non-hydrogen) atoms. The fourth-order valence-electron chi connectivity index (χ4n) is 1.98. The lowest BCUT2D eigenvalue weighted by molar-refractivity contribution is 0.131. The number of hydrogen-bond acceptors (Lipinski definition) is 2. The van der Waals surface area contributed by atoms with Gasteiger partial charge in [0.25, 0.3) is 0 Å². The smallest absolute Gasteiger partial charge is 0.0223 e. The molecule has 1 heterocycles. The van der Waals surface area contributed by atoms with Crippen molar-refractivity contribution >= 4 is 11.6 Å². The molecule has 0 aromatic carbocycles. The van der Waals surface area contributed by atoms with Crippen molar-refractivity contribution < 1.29 is 0 Å². The van der Waals surface area contributed by atoms with Gasteiger partial charge in [0.05, 0.1) is 0 Å². The molecule has 1 rings (SSSR count). The van der Waals surface area contributed by atoms with E-state index in [1.165, 1.54) is 52.1 Å². The fraction of sp³-hybridized carbons (Fsp3) is 1.00. The molecule has 1 aliphatic heterocycles. The minimum Gasteiger partial charge on any atom is -0.301 e. The van der Waals surface area contributed by atoms with E-state index in [9.17, 15) is 0 Å². The van der Waals surface area contributed by atoms with E-state index in [0.717, 1.165) is 12.3 Å². The molecule has 0 aliphatic carbocycles. The van der Waals surface area contributed by atoms with Crippen molar-refractivity contribution in [3.8, 4) is 0 Å². The van der Waals surface area contributed by atoms with Crippen LogP contribution in [0.5, 0.6) is 0 Å². The monoisotopic (exact) mass is 218 g/mol. The highest BCUT2D eigenvalue weighted by atomic mass is 35.5. The van der Waals surface area contributed by atoms with Crippen LogP contribution in [0.4, 0.5) is 0 Å². The van der Waals surface area contributed by atoms with Crippen molar-refractivity contribution in [1.29, 1.82) is 0 Å². The average molecular weight is 219 g/mol. The Morgan fingerprint density at radius 1 is 0.929 bits per heavy atom. The molecule has 0 amide bonds. The molecule has 0 aromatic rings. The van der Waals surface area contributed by atoms with Crippen LogP contribution in [0.1, 0.15) is 26.2 Å². The molecular weight excluding hydrogens is 196 g/mol. The summed E-state index contributed by atoms with van der Waals surface area (Å²) in [6.45, 7) is 9.79. The van der Waals surface area contributed by atoms with Crippen molar-refractivity contribution in [2.75, 3.05) is 45.1 Å². The first-order chi connectivity index (χ1) is 6.86. The molecule has 0 aromatic heterocycles. The van der Waals surface area contributed by atoms with Crippen molar-refractivity contribution in [1.82, 2.24) is 9.80 Å². The van der Waals surface area contributed by atoms with Gasteiger partial charge in [0.2, 0.25) is 0 Å². The second kappa shape index (κ2) is 7.49. The molecule has 0 bridgehead atoms. The van der Waals surface area contributed by atoms with Gasteiger partial charge in [-0.1, -0.05) is 6.92 Å². The normalized spacial score (nSPS) is 20.1. The lowest BCUT2D eigenvalue weighted by Crippen LogP contribution is -2.46. The third-order valence-electron chi connectivity index (χ3n) is 2.86. The Kier molecular flexibility index (Phi) is 6.57. The summed E-state index contributed by atoms with van der Waals surface area (Å²) < 4.78 is 0. The molecule has 1 aliphatic rings. The predicted molar refractivity (Wildman–Crippen MR) is 63.1 cm³/mol. The van der Waals surface area contributed by atoms with E-state index in [4.69, 9.17) is 11.6 Å². The van der Waals surface area contributed by atoms with Crippen LogP contribution < -0.4 is 0 Å². The Hall–Kier alpha value is 0.210. The summed E-state index contributed by atoms with van der Waals surface area (Å²) >= 11 is 5.66. The van der Waals surface area contributed by atoms with Crippen LogP contribution in [0.2, 0.25) is 0 Å². The van der Waals surface area contributed by atoms with E-state index in [1.807, 2.05) is 0 Å². The Bertz CT molecular complexity index is 133. The van der Waals surface area contributed by atoms with Gasteiger partial charge in [-0.3, -0.25) is 0 Å². The van der Waals surface area contributed by atoms with Crippen LogP contribution >= 0.6 is 11.6 Å². The van der Waals surface area contributed by atoms with Crippen LogP contribution in [0.3, 0.4) is 0 Å². The first-order valence-corrected chi connectivity index (χ1v) is 6.41. The zero-order valence-electron chi connectivity index (χ0n) is 9.34. The Balaban J connectivity index is 2.03. The van der Waals surface area contributed by atoms with Crippen LogP contribution in [0, 0.1) is 0 Å². The Labute approximate surface area is 93.2 Å². The van der Waals surface area contributed by atoms with Gasteiger partial charge in [-0.25, -0.2) is 0 Å². The summed E-state index contributed by atoms with van der Waals surface area (Å²) in [5.74, 6) is 0.815. The summed E-state index contributed by atoms with van der Waals surface area (Å²) in [7, 11) is 0. The largest absolute Gasteiger partial charge is 0.301 e. The first kappa shape index (κ1) is 12.3. The van der Waals surface area contributed by atoms with Gasteiger partial charge in [-0.2, -0.15) is 0 Å². The molecule has 2 nitrogen and oxygen atoms in total. The SMILES string of the molecule is CCCN1CCN(CCCCCl)CC1. The van der Waals surface area contributed by atoms with Crippen LogP contribution in [0.15, 0.2) is 0 Å². The predicted octanol–water partition coefficient (Wildman–Crippen LogP) is 2.03. The highest BCUT2D eigenvalue weighted by molar-refractivity contribution is 6.17. The molecule has 0 radical (unpaired) electrons. The highest BCUT2D eigenvalue weighted by Crippen LogP contribution is 2.04. The number of alkyl halides is 1. The van der Waals surface area contributed by atoms with Gasteiger partial charge in [0, 0.05) is 32.1 Å². The zero-order chi connectivity index (χ0) is 10.2. The molecule has 0 N–H and O–H groups in total. The average Bonchev–Trinajstić information content (AvgIpc) is 2.21. The van der Waals surface area contributed by atoms with E-state index in [1.54, 1.807) is 0 Å². The first-order valence-electron chi connectivity index (χ1n) is 5.87. The minimum atomic E-state index is 0.815. The molecule has 1 fully saturated rings. The standard InChI is InChI=1S/C11H23ClN2/c1-2-6-13-8-10-14(11-9-13)7-4-3-5-12/h2-11H2,1H3. The van der Waals surface area contributed by atoms with Gasteiger partial charge in [-0.05, 0) is 32.4 Å². The summed E-state index contributed by atoms with van der Waals surface area (Å²) in [6.07, 6.45) is 3.71. The quantitative estimate of drug-likeness (QED) is 0.497. The van der Waals surface area contributed by atoms with Gasteiger partial charge >= 0.3 is 0 Å². The molecular formula is C11H23ClN2. The second-order valence-electron chi connectivity index (χ2n) is 4.08. The minimum absolute atomic E-state index is 0.815. The van der Waals surface area contributed by atoms with E-state index in [0.29, 0.717) is 0 Å². The lowest BCUT2D eigenvalue weighted by Gasteiger charge is -2.34. The lowest BCUT2D eigenvalue weighted by atomic mass is 10.2. The van der Waals surface area contributed by atoms with Gasteiger partial charge < -0.3 is 9.80 Å². The number of hydrogen-bond donors (Lipinski definition) is 0. The number of nitrogens with zero attached hydrogens (tertiary/aromatic N) is 2. The topological polar surface area (TPSA) is 6.48 Å². The van der Waals surface area contributed by atoms with E-state index < -0.39 is 0 Å². The maximum Gasteiger partial charge on any atom is 0.0223 e. The van der Waals surface area contributed by atoms with Crippen molar-refractivity contribution in [3.63, 3.8) is 0 Å². The summed E-state index contributed by atoms with van der Waals surface area (Å²) in [6, 6.07) is 0. The molecule has 0 unspecified atom stereocenters. The zero-order valence-corrected chi connectivity index (χ0v) is 10.1. The van der Waals surface area contributed by atoms with E-state index in [2.05, 4.69) is 16.7 Å². The van der Waals surface area contributed by atoms with Crippen molar-refractivity contribution in [2.24, 2.45) is 0 Å². The number of piperazine rings is 1. The maximum absolute atomic E-state index is 5.66. The number of rotatable bonds is 6. The fourth-order valence-corrected chi connectivity index (χ4v) is 2.17. The van der Waals surface area contributed by atoms with E-state index >= 15 is 0 Å². The van der Waals surface area contributed by atoms with Crippen molar-refractivity contribution in [2.45, 2.75) is 26.2 Å². The summed E-state index contributed by atoms with van der Waals surface area (Å²) in [4.78, 5) is 5.14. The third-order valence-corrected chi connectivity index (χ3v) is 3.13. The molecule has 84 valence electrons. The summed E-state index contributed by atoms with van der Waals surface area (Å²) in [5, 5.41) is 0. The molecule has 0 saturated carbocycles. The Morgan fingerprint density at radius 3 is 2.00 bits per heavy atom. The second-order valence-corrected chi connectivity index (χ2v) is 4.46. The summed E-state index contributed by atoms with van der Waals surface area (Å²) in [5.41, 5.74) is 0. The number of unbranched alkanes of at least 4 members (excludes halogenated alkanes) is 1. The highest BCUT2D eigenvalue weighted by Gasteiger charge is 2.14. The third kappa shape index (κ3) is 4.63. The van der Waals surface area contributed by atoms with Gasteiger partial charge in [0.1, 0.15) is 0 Å². The van der Waals surface area contributed by atoms with Crippen LogP contribution in [-0.2, 0) is 0 Å². The van der Waals surface area contributed by atoms with Gasteiger partial charge in [0.15, 0.2) is 0 Å². The molecule has 1 saturated heterocycles. The molecule has 3 heteroatoms. The maximum atomic E-state index is 5.66. The van der Waals surface area contributed by atoms with Crippen LogP contribution in [-0.4, -0.2) is 54.9 Å². The molecule has 0 atom stereocenters. The molecule has 0 spiro atoms. The number of halogens is 1.